The number of rotatable bonds is 5. The molecular formula is C24H29N7O2S. The molecular weight excluding hydrogens is 450 g/mol. The highest BCUT2D eigenvalue weighted by Crippen LogP contribution is 2.39. The molecule has 2 aliphatic rings. The molecule has 0 bridgehead atoms. The molecule has 4 aromatic rings. The number of nitrogens with one attached hydrogen (secondary N) is 1. The number of benzene rings is 1. The van der Waals surface area contributed by atoms with Gasteiger partial charge in [0.1, 0.15) is 17.5 Å². The highest BCUT2D eigenvalue weighted by Gasteiger charge is 2.30. The Labute approximate surface area is 198 Å². The minimum atomic E-state index is -3.40. The van der Waals surface area contributed by atoms with Gasteiger partial charge >= 0.3 is 0 Å². The Bertz CT molecular complexity index is 1470. The van der Waals surface area contributed by atoms with Crippen molar-refractivity contribution in [2.24, 2.45) is 5.92 Å². The summed E-state index contributed by atoms with van der Waals surface area (Å²) in [5.41, 5.74) is 5.36. The second-order valence-electron chi connectivity index (χ2n) is 9.74. The van der Waals surface area contributed by atoms with Gasteiger partial charge in [-0.25, -0.2) is 22.2 Å². The first-order chi connectivity index (χ1) is 16.4. The van der Waals surface area contributed by atoms with Crippen molar-refractivity contribution in [3.8, 4) is 0 Å². The molecule has 9 nitrogen and oxygen atoms in total. The van der Waals surface area contributed by atoms with Gasteiger partial charge in [0, 0.05) is 50.4 Å². The molecule has 34 heavy (non-hydrogen) atoms. The molecule has 1 N–H and O–H groups in total. The molecule has 6 rings (SSSR count). The molecule has 10 heteroatoms. The first kappa shape index (κ1) is 21.5. The SMILES string of the molecule is CN(C)S(=O)(=O)c1ccc2c(c1)CCN2CC1CCC(c2nnn3cnc4[nH]ccc4c23)CC1. The van der Waals surface area contributed by atoms with Gasteiger partial charge < -0.3 is 9.88 Å². The standard InChI is InChI=1S/C24H29N7O2S/c1-29(2)34(32,33)19-7-8-21-18(13-19)10-12-30(21)14-16-3-5-17(6-4-16)22-23-20-9-11-25-24(20)26-15-31(23)28-27-22/h7-9,11,13,15-17,25H,3-6,10,12,14H2,1-2H3. The summed E-state index contributed by atoms with van der Waals surface area (Å²) in [6.45, 7) is 1.97. The largest absolute Gasteiger partial charge is 0.371 e. The van der Waals surface area contributed by atoms with Crippen LogP contribution in [0.1, 0.15) is 42.9 Å². The fourth-order valence-electron chi connectivity index (χ4n) is 5.63. The van der Waals surface area contributed by atoms with Crippen LogP contribution in [0.3, 0.4) is 0 Å². The second-order valence-corrected chi connectivity index (χ2v) is 11.9. The van der Waals surface area contributed by atoms with Crippen molar-refractivity contribution in [2.45, 2.75) is 42.9 Å². The second kappa shape index (κ2) is 8.06. The summed E-state index contributed by atoms with van der Waals surface area (Å²) < 4.78 is 28.1. The van der Waals surface area contributed by atoms with Crippen LogP contribution in [0.5, 0.6) is 0 Å². The maximum atomic E-state index is 12.5. The minimum absolute atomic E-state index is 0.381. The van der Waals surface area contributed by atoms with Crippen LogP contribution in [0.4, 0.5) is 5.69 Å². The summed E-state index contributed by atoms with van der Waals surface area (Å²) in [6, 6.07) is 7.64. The van der Waals surface area contributed by atoms with Gasteiger partial charge in [-0.15, -0.1) is 5.10 Å². The number of hydrogen-bond donors (Lipinski definition) is 1. The van der Waals surface area contributed by atoms with E-state index in [1.54, 1.807) is 31.0 Å². The van der Waals surface area contributed by atoms with Crippen molar-refractivity contribution < 1.29 is 8.42 Å². The number of H-pyrrole nitrogens is 1. The van der Waals surface area contributed by atoms with Gasteiger partial charge in [0.15, 0.2) is 0 Å². The fourth-order valence-corrected chi connectivity index (χ4v) is 6.58. The van der Waals surface area contributed by atoms with Crippen LogP contribution in [-0.4, -0.2) is 64.7 Å². The van der Waals surface area contributed by atoms with Gasteiger partial charge in [-0.2, -0.15) is 0 Å². The molecule has 1 aliphatic heterocycles. The molecule has 0 radical (unpaired) electrons. The van der Waals surface area contributed by atoms with Crippen LogP contribution in [0.15, 0.2) is 41.7 Å². The van der Waals surface area contributed by atoms with E-state index >= 15 is 0 Å². The number of fused-ring (bicyclic) bond motifs is 4. The van der Waals surface area contributed by atoms with Crippen LogP contribution >= 0.6 is 0 Å². The lowest BCUT2D eigenvalue weighted by Crippen LogP contribution is -2.30. The Hall–Kier alpha value is -2.98. The summed E-state index contributed by atoms with van der Waals surface area (Å²) >= 11 is 0. The summed E-state index contributed by atoms with van der Waals surface area (Å²) in [5.74, 6) is 1.04. The van der Waals surface area contributed by atoms with Gasteiger partial charge in [0.2, 0.25) is 10.0 Å². The molecule has 3 aromatic heterocycles. The third kappa shape index (κ3) is 3.47. The van der Waals surface area contributed by atoms with E-state index in [1.807, 2.05) is 18.3 Å². The van der Waals surface area contributed by atoms with Gasteiger partial charge in [0.25, 0.3) is 0 Å². The molecule has 1 aliphatic carbocycles. The smallest absolute Gasteiger partial charge is 0.242 e. The summed E-state index contributed by atoms with van der Waals surface area (Å²) in [5, 5.41) is 9.94. The van der Waals surface area contributed by atoms with Crippen molar-refractivity contribution >= 4 is 32.3 Å². The Morgan fingerprint density at radius 3 is 2.76 bits per heavy atom. The lowest BCUT2D eigenvalue weighted by molar-refractivity contribution is 0.325. The first-order valence-corrected chi connectivity index (χ1v) is 13.3. The minimum Gasteiger partial charge on any atom is -0.371 e. The zero-order chi connectivity index (χ0) is 23.4. The van der Waals surface area contributed by atoms with Crippen molar-refractivity contribution in [3.63, 3.8) is 0 Å². The Balaban J connectivity index is 1.15. The van der Waals surface area contributed by atoms with Crippen molar-refractivity contribution in [3.05, 3.63) is 48.0 Å². The molecule has 1 saturated carbocycles. The monoisotopic (exact) mass is 479 g/mol. The van der Waals surface area contributed by atoms with Gasteiger partial charge in [-0.1, -0.05) is 5.21 Å². The van der Waals surface area contributed by atoms with Crippen molar-refractivity contribution in [1.29, 1.82) is 0 Å². The summed E-state index contributed by atoms with van der Waals surface area (Å²) in [7, 11) is -0.251. The van der Waals surface area contributed by atoms with Gasteiger partial charge in [0.05, 0.1) is 10.6 Å². The summed E-state index contributed by atoms with van der Waals surface area (Å²) in [6.07, 6.45) is 9.07. The van der Waals surface area contributed by atoms with Gasteiger partial charge in [-0.3, -0.25) is 0 Å². The third-order valence-electron chi connectivity index (χ3n) is 7.53. The maximum absolute atomic E-state index is 12.5. The molecule has 4 heterocycles. The van der Waals surface area contributed by atoms with Crippen LogP contribution in [0, 0.1) is 5.92 Å². The predicted octanol–water partition coefficient (Wildman–Crippen LogP) is 3.19. The molecule has 0 amide bonds. The van der Waals surface area contributed by atoms with Crippen LogP contribution < -0.4 is 4.90 Å². The average molecular weight is 480 g/mol. The number of hydrogen-bond acceptors (Lipinski definition) is 6. The molecule has 0 saturated heterocycles. The highest BCUT2D eigenvalue weighted by atomic mass is 32.2. The molecule has 0 unspecified atom stereocenters. The van der Waals surface area contributed by atoms with Crippen LogP contribution in [0.2, 0.25) is 0 Å². The zero-order valence-corrected chi connectivity index (χ0v) is 20.3. The fraction of sp³-hybridized carbons (Fsp3) is 0.458. The lowest BCUT2D eigenvalue weighted by Gasteiger charge is -2.31. The van der Waals surface area contributed by atoms with Crippen molar-refractivity contribution in [1.82, 2.24) is 29.1 Å². The third-order valence-corrected chi connectivity index (χ3v) is 9.34. The van der Waals surface area contributed by atoms with Crippen LogP contribution in [0.25, 0.3) is 16.6 Å². The number of nitrogens with zero attached hydrogens (tertiary/aromatic N) is 6. The predicted molar refractivity (Wildman–Crippen MR) is 131 cm³/mol. The highest BCUT2D eigenvalue weighted by molar-refractivity contribution is 7.89. The van der Waals surface area contributed by atoms with E-state index in [1.165, 1.54) is 9.99 Å². The molecule has 0 spiro atoms. The first-order valence-electron chi connectivity index (χ1n) is 11.9. The molecule has 178 valence electrons. The zero-order valence-electron chi connectivity index (χ0n) is 19.5. The Morgan fingerprint density at radius 2 is 1.97 bits per heavy atom. The number of aromatic nitrogens is 5. The van der Waals surface area contributed by atoms with Crippen molar-refractivity contribution in [2.75, 3.05) is 32.1 Å². The van der Waals surface area contributed by atoms with E-state index in [2.05, 4.69) is 31.2 Å². The summed E-state index contributed by atoms with van der Waals surface area (Å²) in [4.78, 5) is 10.4. The number of aromatic amines is 1. The topological polar surface area (TPSA) is 99.5 Å². The van der Waals surface area contributed by atoms with E-state index in [0.29, 0.717) is 16.7 Å². The van der Waals surface area contributed by atoms with E-state index < -0.39 is 10.0 Å². The number of anilines is 1. The van der Waals surface area contributed by atoms with E-state index in [-0.39, 0.29) is 0 Å². The average Bonchev–Trinajstić information content (AvgIpc) is 3.57. The molecule has 0 atom stereocenters. The normalized spacial score (nSPS) is 21.1. The molecule has 1 fully saturated rings. The van der Waals surface area contributed by atoms with E-state index in [0.717, 1.165) is 73.0 Å². The lowest BCUT2D eigenvalue weighted by atomic mass is 9.80. The quantitative estimate of drug-likeness (QED) is 0.472. The van der Waals surface area contributed by atoms with Gasteiger partial charge in [-0.05, 0) is 67.9 Å². The Kier molecular flexibility index (Phi) is 5.11. The molecule has 1 aromatic carbocycles. The van der Waals surface area contributed by atoms with E-state index in [4.69, 9.17) is 0 Å². The van der Waals surface area contributed by atoms with Crippen LogP contribution in [-0.2, 0) is 16.4 Å². The Morgan fingerprint density at radius 1 is 1.15 bits per heavy atom. The van der Waals surface area contributed by atoms with E-state index in [9.17, 15) is 8.42 Å². The maximum Gasteiger partial charge on any atom is 0.242 e. The number of sulfonamides is 1.